The van der Waals surface area contributed by atoms with Crippen LogP contribution in [0.15, 0.2) is 42.9 Å². The Morgan fingerprint density at radius 2 is 2.00 bits per heavy atom. The second kappa shape index (κ2) is 10.7. The molecule has 1 aromatic carbocycles. The Labute approximate surface area is 174 Å². The summed E-state index contributed by atoms with van der Waals surface area (Å²) in [7, 11) is 5.35. The van der Waals surface area contributed by atoms with E-state index in [1.54, 1.807) is 25.1 Å². The van der Waals surface area contributed by atoms with Crippen LogP contribution in [0.25, 0.3) is 0 Å². The zero-order valence-corrected chi connectivity index (χ0v) is 18.4. The molecule has 2 aliphatic rings. The lowest BCUT2D eigenvalue weighted by Gasteiger charge is -2.21. The topological polar surface area (TPSA) is 82.7 Å². The minimum absolute atomic E-state index is 0.0777. The van der Waals surface area contributed by atoms with Crippen molar-refractivity contribution in [3.8, 4) is 5.75 Å². The maximum Gasteiger partial charge on any atom is 0.254 e. The van der Waals surface area contributed by atoms with Gasteiger partial charge in [0.05, 0.1) is 18.5 Å². The molecule has 7 nitrogen and oxygen atoms in total. The number of carbonyl (C=O) groups excluding carboxylic acids is 2. The van der Waals surface area contributed by atoms with Gasteiger partial charge >= 0.3 is 0 Å². The van der Waals surface area contributed by atoms with E-state index in [1.165, 1.54) is 0 Å². The van der Waals surface area contributed by atoms with E-state index in [1.807, 2.05) is 26.1 Å². The van der Waals surface area contributed by atoms with Gasteiger partial charge < -0.3 is 30.4 Å². The third-order valence-electron chi connectivity index (χ3n) is 4.77. The molecule has 0 spiro atoms. The fourth-order valence-corrected chi connectivity index (χ4v) is 2.65. The molecule has 1 amide bonds. The largest absolute Gasteiger partial charge is 0.497 e. The summed E-state index contributed by atoms with van der Waals surface area (Å²) in [4.78, 5) is 23.5. The van der Waals surface area contributed by atoms with Crippen molar-refractivity contribution in [1.29, 1.82) is 0 Å². The van der Waals surface area contributed by atoms with E-state index in [0.29, 0.717) is 24.8 Å². The molecule has 0 bridgehead atoms. The van der Waals surface area contributed by atoms with Gasteiger partial charge in [-0.2, -0.15) is 0 Å². The van der Waals surface area contributed by atoms with Crippen molar-refractivity contribution in [2.45, 2.75) is 45.3 Å². The Morgan fingerprint density at radius 1 is 1.38 bits per heavy atom. The molecule has 3 rings (SSSR count). The number of nitrogens with one attached hydrogen (secondary N) is 3. The van der Waals surface area contributed by atoms with Gasteiger partial charge in [-0.3, -0.25) is 4.79 Å². The minimum atomic E-state index is -0.348. The van der Waals surface area contributed by atoms with Crippen LogP contribution in [-0.2, 0) is 11.3 Å². The highest BCUT2D eigenvalue weighted by Gasteiger charge is 2.33. The molecule has 2 aliphatic heterocycles. The van der Waals surface area contributed by atoms with Crippen LogP contribution in [0, 0.1) is 0 Å². The van der Waals surface area contributed by atoms with Gasteiger partial charge in [0.1, 0.15) is 12.0 Å². The third kappa shape index (κ3) is 6.64. The molecule has 2 heterocycles. The number of rotatable bonds is 4. The third-order valence-corrected chi connectivity index (χ3v) is 4.77. The zero-order valence-electron chi connectivity index (χ0n) is 18.4. The summed E-state index contributed by atoms with van der Waals surface area (Å²) in [6.07, 6.45) is 1.29. The first kappa shape index (κ1) is 24.2. The summed E-state index contributed by atoms with van der Waals surface area (Å²) in [5, 5.41) is 9.01. The molecule has 0 saturated carbocycles. The monoisotopic (exact) mass is 402 g/mol. The Morgan fingerprint density at radius 3 is 2.45 bits per heavy atom. The minimum Gasteiger partial charge on any atom is -0.497 e. The summed E-state index contributed by atoms with van der Waals surface area (Å²) < 4.78 is 5.05. The maximum atomic E-state index is 11.5. The SMILES string of the molecule is C=C1NC(=C)C(C)(CC=O)N1.CNC(C)C.COc1ccc2c(c1)C(=O)N(C)C2. The Kier molecular flexibility index (Phi) is 8.91. The number of fused-ring (bicyclic) bond motifs is 1. The fraction of sp³-hybridized carbons (Fsp3) is 0.455. The van der Waals surface area contributed by atoms with Gasteiger partial charge in [-0.25, -0.2) is 0 Å². The first-order valence-corrected chi connectivity index (χ1v) is 9.54. The summed E-state index contributed by atoms with van der Waals surface area (Å²) >= 11 is 0. The lowest BCUT2D eigenvalue weighted by Crippen LogP contribution is -2.36. The van der Waals surface area contributed by atoms with Crippen LogP contribution < -0.4 is 20.7 Å². The van der Waals surface area contributed by atoms with Crippen molar-refractivity contribution in [3.05, 3.63) is 54.0 Å². The quantitative estimate of drug-likeness (QED) is 0.671. The number of amides is 1. The van der Waals surface area contributed by atoms with Gasteiger partial charge in [0.25, 0.3) is 5.91 Å². The molecule has 1 unspecified atom stereocenters. The standard InChI is InChI=1S/C10H11NO2.C8H12N2O.C4H11N/c1-11-6-7-3-4-8(13-2)5-9(7)10(11)12;1-6-8(3,4-5-11)10-7(2)9-6;1-4(2)5-3/h3-5H,6H2,1-2H3;5,9-10H,1-2,4H2,3H3;4-5H,1-3H3. The molecule has 0 aromatic heterocycles. The van der Waals surface area contributed by atoms with Crippen molar-refractivity contribution >= 4 is 12.2 Å². The molecule has 160 valence electrons. The van der Waals surface area contributed by atoms with Gasteiger partial charge in [0.15, 0.2) is 0 Å². The van der Waals surface area contributed by atoms with E-state index in [4.69, 9.17) is 4.74 Å². The molecule has 0 radical (unpaired) electrons. The highest BCUT2D eigenvalue weighted by atomic mass is 16.5. The predicted octanol–water partition coefficient (Wildman–Crippen LogP) is 2.41. The second-order valence-corrected chi connectivity index (χ2v) is 7.54. The molecule has 1 aromatic rings. The van der Waals surface area contributed by atoms with E-state index < -0.39 is 0 Å². The van der Waals surface area contributed by atoms with Crippen LogP contribution >= 0.6 is 0 Å². The number of methoxy groups -OCH3 is 1. The van der Waals surface area contributed by atoms with E-state index in [2.05, 4.69) is 43.0 Å². The van der Waals surface area contributed by atoms with Gasteiger partial charge in [-0.15, -0.1) is 0 Å². The van der Waals surface area contributed by atoms with Crippen molar-refractivity contribution in [2.75, 3.05) is 21.2 Å². The van der Waals surface area contributed by atoms with Gasteiger partial charge in [-0.1, -0.05) is 33.1 Å². The van der Waals surface area contributed by atoms with Crippen LogP contribution in [0.4, 0.5) is 0 Å². The number of hydrogen-bond acceptors (Lipinski definition) is 6. The molecule has 1 atom stereocenters. The summed E-state index contributed by atoms with van der Waals surface area (Å²) in [6, 6.07) is 6.25. The van der Waals surface area contributed by atoms with Crippen molar-refractivity contribution in [3.63, 3.8) is 0 Å². The average Bonchev–Trinajstić information content (AvgIpc) is 3.10. The van der Waals surface area contributed by atoms with E-state index in [-0.39, 0.29) is 11.4 Å². The van der Waals surface area contributed by atoms with Crippen molar-refractivity contribution in [2.24, 2.45) is 0 Å². The van der Waals surface area contributed by atoms with E-state index >= 15 is 0 Å². The number of hydrogen-bond donors (Lipinski definition) is 3. The Bertz CT molecular complexity index is 760. The number of aldehydes is 1. The molecule has 1 saturated heterocycles. The number of carbonyl (C=O) groups is 2. The molecule has 1 fully saturated rings. The van der Waals surface area contributed by atoms with Gasteiger partial charge in [-0.05, 0) is 31.7 Å². The number of ether oxygens (including phenoxy) is 1. The van der Waals surface area contributed by atoms with Crippen molar-refractivity contribution in [1.82, 2.24) is 20.9 Å². The summed E-state index contributed by atoms with van der Waals surface area (Å²) in [6.45, 7) is 14.3. The maximum absolute atomic E-state index is 11.5. The fourth-order valence-electron chi connectivity index (χ4n) is 2.65. The summed E-state index contributed by atoms with van der Waals surface area (Å²) in [5.41, 5.74) is 2.29. The van der Waals surface area contributed by atoms with Gasteiger partial charge in [0, 0.05) is 37.3 Å². The Hall–Kier alpha value is -2.80. The number of benzene rings is 1. The number of nitrogens with zero attached hydrogens (tertiary/aromatic N) is 1. The molecule has 3 N–H and O–H groups in total. The molecular weight excluding hydrogens is 368 g/mol. The normalized spacial score (nSPS) is 19.4. The lowest BCUT2D eigenvalue weighted by molar-refractivity contribution is -0.108. The second-order valence-electron chi connectivity index (χ2n) is 7.54. The van der Waals surface area contributed by atoms with Crippen molar-refractivity contribution < 1.29 is 14.3 Å². The highest BCUT2D eigenvalue weighted by molar-refractivity contribution is 5.98. The summed E-state index contributed by atoms with van der Waals surface area (Å²) in [5.74, 6) is 1.52. The highest BCUT2D eigenvalue weighted by Crippen LogP contribution is 2.25. The molecule has 29 heavy (non-hydrogen) atoms. The van der Waals surface area contributed by atoms with Crippen LogP contribution in [0.2, 0.25) is 0 Å². The molecule has 7 heteroatoms. The van der Waals surface area contributed by atoms with Crippen LogP contribution in [0.3, 0.4) is 0 Å². The Balaban J connectivity index is 0.000000240. The average molecular weight is 403 g/mol. The van der Waals surface area contributed by atoms with Gasteiger partial charge in [0.2, 0.25) is 0 Å². The molecular formula is C22H34N4O3. The van der Waals surface area contributed by atoms with Crippen LogP contribution in [0.1, 0.15) is 43.1 Å². The van der Waals surface area contributed by atoms with E-state index in [9.17, 15) is 9.59 Å². The first-order chi connectivity index (χ1) is 13.6. The van der Waals surface area contributed by atoms with Crippen LogP contribution in [-0.4, -0.2) is 49.9 Å². The zero-order chi connectivity index (χ0) is 22.2. The first-order valence-electron chi connectivity index (χ1n) is 9.54. The van der Waals surface area contributed by atoms with E-state index in [0.717, 1.165) is 28.9 Å². The van der Waals surface area contributed by atoms with Crippen LogP contribution in [0.5, 0.6) is 5.75 Å². The predicted molar refractivity (Wildman–Crippen MR) is 117 cm³/mol. The molecule has 0 aliphatic carbocycles. The smallest absolute Gasteiger partial charge is 0.254 e. The lowest BCUT2D eigenvalue weighted by atomic mass is 9.97.